The molecule has 208 valence electrons. The summed E-state index contributed by atoms with van der Waals surface area (Å²) in [5, 5.41) is 2.74. The highest BCUT2D eigenvalue weighted by molar-refractivity contribution is 6.27. The Morgan fingerprint density at radius 2 is 1.62 bits per heavy atom. The minimum absolute atomic E-state index is 0.104. The second kappa shape index (κ2) is 11.1. The van der Waals surface area contributed by atoms with Gasteiger partial charge in [-0.2, -0.15) is 13.2 Å². The lowest BCUT2D eigenvalue weighted by Gasteiger charge is -2.38. The van der Waals surface area contributed by atoms with Gasteiger partial charge in [-0.3, -0.25) is 14.5 Å². The maximum absolute atomic E-state index is 14.0. The van der Waals surface area contributed by atoms with Gasteiger partial charge in [-0.25, -0.2) is 4.79 Å². The molecule has 1 aliphatic heterocycles. The summed E-state index contributed by atoms with van der Waals surface area (Å²) in [6.07, 6.45) is -4.70. The smallest absolute Gasteiger partial charge is 0.416 e. The second-order valence-electron chi connectivity index (χ2n) is 8.58. The van der Waals surface area contributed by atoms with Gasteiger partial charge in [-0.1, -0.05) is 36.4 Å². The Kier molecular flexibility index (Phi) is 7.85. The molecule has 0 radical (unpaired) electrons. The van der Waals surface area contributed by atoms with E-state index < -0.39 is 46.4 Å². The highest BCUT2D eigenvalue weighted by atomic mass is 19.4. The summed E-state index contributed by atoms with van der Waals surface area (Å²) in [4.78, 5) is 42.5. The van der Waals surface area contributed by atoms with Crippen LogP contribution in [0.15, 0.2) is 90.2 Å². The van der Waals surface area contributed by atoms with Crippen LogP contribution in [0.5, 0.6) is 5.75 Å². The van der Waals surface area contributed by atoms with Crippen molar-refractivity contribution < 1.29 is 41.8 Å². The number of hydrogen-bond donors (Lipinski definition) is 1. The maximum atomic E-state index is 14.0. The number of halogens is 3. The lowest BCUT2D eigenvalue weighted by Crippen LogP contribution is -2.61. The van der Waals surface area contributed by atoms with Crippen LogP contribution in [-0.2, 0) is 25.2 Å². The number of anilines is 2. The minimum atomic E-state index is -4.70. The fourth-order valence-electron chi connectivity index (χ4n) is 4.49. The molecule has 4 rings (SSSR count). The summed E-state index contributed by atoms with van der Waals surface area (Å²) in [5.41, 5.74) is -3.91. The van der Waals surface area contributed by atoms with Gasteiger partial charge in [0.2, 0.25) is 0 Å². The molecule has 1 heterocycles. The maximum Gasteiger partial charge on any atom is 0.416 e. The van der Waals surface area contributed by atoms with Crippen molar-refractivity contribution in [3.63, 3.8) is 0 Å². The van der Waals surface area contributed by atoms with Crippen molar-refractivity contribution in [1.29, 1.82) is 0 Å². The zero-order valence-corrected chi connectivity index (χ0v) is 21.7. The average Bonchev–Trinajstić information content (AvgIpc) is 3.20. The van der Waals surface area contributed by atoms with Gasteiger partial charge >= 0.3 is 12.1 Å². The standard InChI is InChI=1S/C29H25F3N2O6/c1-4-40-22-15-13-21(14-16-22)34-26(36)25(38-2)23(24(35)18-9-6-5-7-10-18)28(34,27(37)39-3)33-20-12-8-11-19(17-20)29(30,31)32/h5-17,33H,4H2,1-3H3/t28-/m0/s1. The van der Waals surface area contributed by atoms with Gasteiger partial charge in [0.1, 0.15) is 11.3 Å². The van der Waals surface area contributed by atoms with Crippen molar-refractivity contribution in [3.05, 3.63) is 101 Å². The molecule has 0 fully saturated rings. The summed E-state index contributed by atoms with van der Waals surface area (Å²) in [6.45, 7) is 2.16. The average molecular weight is 555 g/mol. The highest BCUT2D eigenvalue weighted by Crippen LogP contribution is 2.44. The summed E-state index contributed by atoms with van der Waals surface area (Å²) < 4.78 is 56.6. The number of alkyl halides is 3. The van der Waals surface area contributed by atoms with Crippen molar-refractivity contribution in [2.45, 2.75) is 18.8 Å². The van der Waals surface area contributed by atoms with E-state index in [9.17, 15) is 27.6 Å². The van der Waals surface area contributed by atoms with Crippen molar-refractivity contribution >= 4 is 29.0 Å². The number of ketones is 1. The first-order valence-corrected chi connectivity index (χ1v) is 12.1. The van der Waals surface area contributed by atoms with Gasteiger partial charge in [0.05, 0.1) is 26.4 Å². The third-order valence-corrected chi connectivity index (χ3v) is 6.19. The molecule has 8 nitrogen and oxygen atoms in total. The monoisotopic (exact) mass is 554 g/mol. The number of rotatable bonds is 9. The molecular weight excluding hydrogens is 529 g/mol. The van der Waals surface area contributed by atoms with Crippen molar-refractivity contribution in [2.24, 2.45) is 0 Å². The van der Waals surface area contributed by atoms with Crippen LogP contribution in [-0.4, -0.2) is 44.1 Å². The van der Waals surface area contributed by atoms with Crippen LogP contribution in [0.4, 0.5) is 24.5 Å². The molecule has 0 unspecified atom stereocenters. The van der Waals surface area contributed by atoms with E-state index in [0.29, 0.717) is 12.4 Å². The SMILES string of the molecule is CCOc1ccc(N2C(=O)C(OC)=C(C(=O)c3ccccc3)[C@@]2(Nc2cccc(C(F)(F)F)c2)C(=O)OC)cc1. The summed E-state index contributed by atoms with van der Waals surface area (Å²) in [6, 6.07) is 17.8. The van der Waals surface area contributed by atoms with E-state index in [1.54, 1.807) is 37.3 Å². The summed E-state index contributed by atoms with van der Waals surface area (Å²) in [7, 11) is 2.19. The normalized spacial score (nSPS) is 17.1. The third-order valence-electron chi connectivity index (χ3n) is 6.19. The molecule has 0 aromatic heterocycles. The molecule has 1 amide bonds. The van der Waals surface area contributed by atoms with Crippen LogP contribution in [0.3, 0.4) is 0 Å². The van der Waals surface area contributed by atoms with Gasteiger partial charge in [-0.15, -0.1) is 0 Å². The predicted molar refractivity (Wildman–Crippen MR) is 140 cm³/mol. The number of esters is 1. The fraction of sp³-hybridized carbons (Fsp3) is 0.207. The van der Waals surface area contributed by atoms with Gasteiger partial charge in [0.25, 0.3) is 11.6 Å². The van der Waals surface area contributed by atoms with E-state index in [-0.39, 0.29) is 16.9 Å². The summed E-state index contributed by atoms with van der Waals surface area (Å²) in [5.74, 6) is -2.82. The molecular formula is C29H25F3N2O6. The predicted octanol–water partition coefficient (Wildman–Crippen LogP) is 5.22. The number of methoxy groups -OCH3 is 2. The van der Waals surface area contributed by atoms with E-state index in [4.69, 9.17) is 14.2 Å². The zero-order chi connectivity index (χ0) is 29.1. The topological polar surface area (TPSA) is 94.2 Å². The largest absolute Gasteiger partial charge is 0.494 e. The molecule has 0 bridgehead atoms. The highest BCUT2D eigenvalue weighted by Gasteiger charge is 2.62. The Bertz CT molecular complexity index is 1450. The molecule has 0 aliphatic carbocycles. The third kappa shape index (κ3) is 4.97. The van der Waals surface area contributed by atoms with Gasteiger partial charge in [0, 0.05) is 16.9 Å². The number of carbonyl (C=O) groups excluding carboxylic acids is 3. The molecule has 3 aromatic carbocycles. The van der Waals surface area contributed by atoms with E-state index in [2.05, 4.69) is 5.32 Å². The van der Waals surface area contributed by atoms with E-state index >= 15 is 0 Å². The molecule has 1 atom stereocenters. The van der Waals surface area contributed by atoms with Crippen LogP contribution >= 0.6 is 0 Å². The lowest BCUT2D eigenvalue weighted by atomic mass is 9.91. The molecule has 0 saturated carbocycles. The van der Waals surface area contributed by atoms with Gasteiger partial charge in [-0.05, 0) is 49.4 Å². The molecule has 11 heteroatoms. The van der Waals surface area contributed by atoms with Gasteiger partial charge < -0.3 is 19.5 Å². The van der Waals surface area contributed by atoms with Crippen LogP contribution in [0, 0.1) is 0 Å². The lowest BCUT2D eigenvalue weighted by molar-refractivity contribution is -0.145. The van der Waals surface area contributed by atoms with E-state index in [1.807, 2.05) is 0 Å². The van der Waals surface area contributed by atoms with Crippen LogP contribution < -0.4 is 15.0 Å². The molecule has 1 N–H and O–H groups in total. The van der Waals surface area contributed by atoms with Crippen LogP contribution in [0.25, 0.3) is 0 Å². The Hall–Kier alpha value is -4.80. The van der Waals surface area contributed by atoms with Crippen LogP contribution in [0.1, 0.15) is 22.8 Å². The first-order valence-electron chi connectivity index (χ1n) is 12.1. The number of ether oxygens (including phenoxy) is 3. The number of nitrogens with zero attached hydrogens (tertiary/aromatic N) is 1. The zero-order valence-electron chi connectivity index (χ0n) is 21.7. The molecule has 0 saturated heterocycles. The Morgan fingerprint density at radius 3 is 2.20 bits per heavy atom. The van der Waals surface area contributed by atoms with Crippen molar-refractivity contribution in [2.75, 3.05) is 31.0 Å². The fourth-order valence-corrected chi connectivity index (χ4v) is 4.49. The Labute approximate surface area is 227 Å². The second-order valence-corrected chi connectivity index (χ2v) is 8.58. The number of benzene rings is 3. The van der Waals surface area contributed by atoms with Crippen LogP contribution in [0.2, 0.25) is 0 Å². The van der Waals surface area contributed by atoms with Crippen molar-refractivity contribution in [1.82, 2.24) is 0 Å². The minimum Gasteiger partial charge on any atom is -0.494 e. The number of amides is 1. The first kappa shape index (κ1) is 28.2. The number of nitrogens with one attached hydrogen (secondary N) is 1. The molecule has 40 heavy (non-hydrogen) atoms. The Balaban J connectivity index is 2.01. The van der Waals surface area contributed by atoms with Gasteiger partial charge in [0.15, 0.2) is 11.5 Å². The number of carbonyl (C=O) groups is 3. The number of Topliss-reactive ketones (excluding diaryl/α,β-unsaturated/α-hetero) is 1. The molecule has 0 spiro atoms. The first-order chi connectivity index (χ1) is 19.1. The quantitative estimate of drug-likeness (QED) is 0.287. The van der Waals surface area contributed by atoms with Crippen molar-refractivity contribution in [3.8, 4) is 5.75 Å². The Morgan fingerprint density at radius 1 is 0.950 bits per heavy atom. The number of hydrogen-bond acceptors (Lipinski definition) is 7. The van der Waals surface area contributed by atoms with E-state index in [0.717, 1.165) is 37.3 Å². The molecule has 1 aliphatic rings. The van der Waals surface area contributed by atoms with E-state index in [1.165, 1.54) is 30.3 Å². The summed E-state index contributed by atoms with van der Waals surface area (Å²) >= 11 is 0. The molecule has 3 aromatic rings.